The minimum atomic E-state index is -0.558. The Bertz CT molecular complexity index is 416. The molecule has 1 rings (SSSR count). The van der Waals surface area contributed by atoms with Crippen LogP contribution in [-0.2, 0) is 11.2 Å². The van der Waals surface area contributed by atoms with Crippen LogP contribution < -0.4 is 5.56 Å². The Kier molecular flexibility index (Phi) is 3.92. The number of aromatic nitrogens is 2. The van der Waals surface area contributed by atoms with E-state index in [0.717, 1.165) is 0 Å². The number of H-pyrrole nitrogens is 1. The monoisotopic (exact) mass is 254 g/mol. The molecule has 0 fully saturated rings. The summed E-state index contributed by atoms with van der Waals surface area (Å²) in [5, 5.41) is 5.24. The number of halogens is 3. The van der Waals surface area contributed by atoms with E-state index in [9.17, 15) is 9.59 Å². The molecule has 4 nitrogen and oxygen atoms in total. The third-order valence-electron chi connectivity index (χ3n) is 1.50. The Labute approximate surface area is 94.2 Å². The van der Waals surface area contributed by atoms with Gasteiger partial charge in [-0.25, -0.2) is 5.10 Å². The fourth-order valence-electron chi connectivity index (χ4n) is 0.825. The summed E-state index contributed by atoms with van der Waals surface area (Å²) in [6.45, 7) is 0. The Balaban J connectivity index is 2.94. The van der Waals surface area contributed by atoms with Crippen molar-refractivity contribution in [2.45, 2.75) is 12.8 Å². The Morgan fingerprint density at radius 2 is 2.00 bits per heavy atom. The molecule has 76 valence electrons. The van der Waals surface area contributed by atoms with Crippen LogP contribution in [0, 0.1) is 0 Å². The fourth-order valence-corrected chi connectivity index (χ4v) is 1.29. The van der Waals surface area contributed by atoms with E-state index < -0.39 is 10.8 Å². The van der Waals surface area contributed by atoms with Crippen LogP contribution in [0.1, 0.15) is 12.1 Å². The number of rotatable bonds is 3. The number of carbonyl (C=O) groups is 1. The molecule has 1 aromatic heterocycles. The molecule has 0 bridgehead atoms. The molecule has 0 atom stereocenters. The zero-order valence-electron chi connectivity index (χ0n) is 6.81. The van der Waals surface area contributed by atoms with E-state index in [0.29, 0.717) is 5.69 Å². The van der Waals surface area contributed by atoms with Crippen LogP contribution >= 0.6 is 34.8 Å². The predicted octanol–water partition coefficient (Wildman–Crippen LogP) is 1.77. The summed E-state index contributed by atoms with van der Waals surface area (Å²) >= 11 is 16.4. The van der Waals surface area contributed by atoms with Crippen LogP contribution in [0.3, 0.4) is 0 Å². The summed E-state index contributed by atoms with van der Waals surface area (Å²) < 4.78 is 0. The smallest absolute Gasteiger partial charge is 0.281 e. The van der Waals surface area contributed by atoms with E-state index in [1.54, 1.807) is 0 Å². The minimum absolute atomic E-state index is 0.0633. The van der Waals surface area contributed by atoms with Gasteiger partial charge in [-0.2, -0.15) is 5.10 Å². The van der Waals surface area contributed by atoms with Gasteiger partial charge in [0, 0.05) is 12.8 Å². The topological polar surface area (TPSA) is 62.8 Å². The van der Waals surface area contributed by atoms with Crippen LogP contribution in [0.2, 0.25) is 10.0 Å². The Morgan fingerprint density at radius 3 is 2.57 bits per heavy atom. The molecule has 0 unspecified atom stereocenters. The van der Waals surface area contributed by atoms with Gasteiger partial charge in [0.05, 0.1) is 10.7 Å². The number of carbonyl (C=O) groups excluding carboxylic acids is 1. The fraction of sp³-hybridized carbons (Fsp3) is 0.286. The summed E-state index contributed by atoms with van der Waals surface area (Å²) in [7, 11) is 0. The first kappa shape index (κ1) is 11.5. The second kappa shape index (κ2) is 4.77. The molecule has 0 aromatic carbocycles. The van der Waals surface area contributed by atoms with Gasteiger partial charge in [0.1, 0.15) is 5.02 Å². The SMILES string of the molecule is O=C(Cl)CCc1n[nH]c(=O)c(Cl)c1Cl. The van der Waals surface area contributed by atoms with E-state index in [2.05, 4.69) is 10.2 Å². The molecule has 0 amide bonds. The normalized spacial score (nSPS) is 10.2. The molecule has 0 saturated carbocycles. The Hall–Kier alpha value is -0.580. The van der Waals surface area contributed by atoms with Crippen molar-refractivity contribution in [1.29, 1.82) is 0 Å². The van der Waals surface area contributed by atoms with Crippen molar-refractivity contribution in [3.63, 3.8) is 0 Å². The lowest BCUT2D eigenvalue weighted by Crippen LogP contribution is -2.12. The van der Waals surface area contributed by atoms with Crippen molar-refractivity contribution in [2.75, 3.05) is 0 Å². The van der Waals surface area contributed by atoms with Crippen LogP contribution in [0.4, 0.5) is 0 Å². The average Bonchev–Trinajstić information content (AvgIpc) is 2.13. The third-order valence-corrected chi connectivity index (χ3v) is 2.55. The van der Waals surface area contributed by atoms with Crippen molar-refractivity contribution >= 4 is 40.0 Å². The van der Waals surface area contributed by atoms with Gasteiger partial charge in [-0.3, -0.25) is 9.59 Å². The first-order chi connectivity index (χ1) is 6.52. The minimum Gasteiger partial charge on any atom is -0.281 e. The maximum absolute atomic E-state index is 10.9. The van der Waals surface area contributed by atoms with E-state index in [1.807, 2.05) is 0 Å². The predicted molar refractivity (Wildman–Crippen MR) is 54.1 cm³/mol. The summed E-state index contributed by atoms with van der Waals surface area (Å²) in [6.07, 6.45) is 0.342. The summed E-state index contributed by atoms with van der Waals surface area (Å²) in [5.74, 6) is 0. The molecule has 0 radical (unpaired) electrons. The molecule has 1 heterocycles. The van der Waals surface area contributed by atoms with Gasteiger partial charge in [-0.15, -0.1) is 0 Å². The van der Waals surface area contributed by atoms with Crippen molar-refractivity contribution in [2.24, 2.45) is 0 Å². The van der Waals surface area contributed by atoms with Crippen molar-refractivity contribution in [3.05, 3.63) is 26.1 Å². The number of nitrogens with one attached hydrogen (secondary N) is 1. The second-order valence-electron chi connectivity index (χ2n) is 2.48. The van der Waals surface area contributed by atoms with Gasteiger partial charge in [-0.1, -0.05) is 23.2 Å². The van der Waals surface area contributed by atoms with Gasteiger partial charge < -0.3 is 0 Å². The molecular formula is C7H5Cl3N2O2. The molecule has 0 spiro atoms. The zero-order chi connectivity index (χ0) is 10.7. The van der Waals surface area contributed by atoms with E-state index in [4.69, 9.17) is 34.8 Å². The molecule has 1 aromatic rings. The molecular weight excluding hydrogens is 250 g/mol. The van der Waals surface area contributed by atoms with Crippen LogP contribution in [0.25, 0.3) is 0 Å². The van der Waals surface area contributed by atoms with Crippen LogP contribution in [0.5, 0.6) is 0 Å². The summed E-state index contributed by atoms with van der Waals surface area (Å²) in [4.78, 5) is 21.4. The van der Waals surface area contributed by atoms with Gasteiger partial charge in [-0.05, 0) is 11.6 Å². The van der Waals surface area contributed by atoms with Crippen molar-refractivity contribution < 1.29 is 4.79 Å². The van der Waals surface area contributed by atoms with Gasteiger partial charge in [0.15, 0.2) is 0 Å². The lowest BCUT2D eigenvalue weighted by atomic mass is 10.2. The molecule has 0 saturated heterocycles. The van der Waals surface area contributed by atoms with Crippen LogP contribution in [0.15, 0.2) is 4.79 Å². The quantitative estimate of drug-likeness (QED) is 0.837. The maximum atomic E-state index is 10.9. The molecule has 14 heavy (non-hydrogen) atoms. The van der Waals surface area contributed by atoms with Gasteiger partial charge >= 0.3 is 0 Å². The highest BCUT2D eigenvalue weighted by atomic mass is 35.5. The lowest BCUT2D eigenvalue weighted by Gasteiger charge is -2.01. The first-order valence-corrected chi connectivity index (χ1v) is 4.76. The summed E-state index contributed by atoms with van der Waals surface area (Å²) in [5.41, 5.74) is -0.206. The highest BCUT2D eigenvalue weighted by Gasteiger charge is 2.10. The summed E-state index contributed by atoms with van der Waals surface area (Å²) in [6, 6.07) is 0. The zero-order valence-corrected chi connectivity index (χ0v) is 9.08. The Morgan fingerprint density at radius 1 is 1.36 bits per heavy atom. The lowest BCUT2D eigenvalue weighted by molar-refractivity contribution is -0.111. The highest BCUT2D eigenvalue weighted by Crippen LogP contribution is 2.20. The number of hydrogen-bond donors (Lipinski definition) is 1. The number of aromatic amines is 1. The first-order valence-electron chi connectivity index (χ1n) is 3.63. The average molecular weight is 255 g/mol. The number of nitrogens with zero attached hydrogens (tertiary/aromatic N) is 1. The maximum Gasteiger partial charge on any atom is 0.284 e. The molecule has 0 aliphatic rings. The third kappa shape index (κ3) is 2.70. The van der Waals surface area contributed by atoms with Crippen molar-refractivity contribution in [1.82, 2.24) is 10.2 Å². The molecule has 0 aliphatic carbocycles. The molecule has 1 N–H and O–H groups in total. The molecule has 7 heteroatoms. The van der Waals surface area contributed by atoms with Gasteiger partial charge in [0.2, 0.25) is 5.24 Å². The largest absolute Gasteiger partial charge is 0.284 e. The second-order valence-corrected chi connectivity index (χ2v) is 3.66. The standard InChI is InChI=1S/C7H5Cl3N2O2/c8-4(13)2-1-3-5(9)6(10)7(14)12-11-3/h1-2H2,(H,12,14). The number of hydrogen-bond acceptors (Lipinski definition) is 3. The molecule has 0 aliphatic heterocycles. The van der Waals surface area contributed by atoms with E-state index in [1.165, 1.54) is 0 Å². The number of aryl methyl sites for hydroxylation is 1. The van der Waals surface area contributed by atoms with Crippen LogP contribution in [-0.4, -0.2) is 15.4 Å². The van der Waals surface area contributed by atoms with Crippen molar-refractivity contribution in [3.8, 4) is 0 Å². The van der Waals surface area contributed by atoms with E-state index >= 15 is 0 Å². The highest BCUT2D eigenvalue weighted by molar-refractivity contribution is 6.63. The van der Waals surface area contributed by atoms with E-state index in [-0.39, 0.29) is 22.9 Å². The van der Waals surface area contributed by atoms with Gasteiger partial charge in [0.25, 0.3) is 5.56 Å².